The van der Waals surface area contributed by atoms with Crippen molar-refractivity contribution in [3.8, 4) is 0 Å². The third-order valence-corrected chi connectivity index (χ3v) is 4.12. The summed E-state index contributed by atoms with van der Waals surface area (Å²) in [5, 5.41) is 8.34. The van der Waals surface area contributed by atoms with E-state index >= 15 is 0 Å². The first-order valence-electron chi connectivity index (χ1n) is 7.33. The van der Waals surface area contributed by atoms with Crippen LogP contribution in [0.2, 0.25) is 0 Å². The molecular weight excluding hydrogens is 280 g/mol. The number of rotatable bonds is 2. The number of aromatic nitrogens is 5. The average molecular weight is 296 g/mol. The maximum atomic E-state index is 12.9. The molecule has 7 nitrogen and oxygen atoms in total. The summed E-state index contributed by atoms with van der Waals surface area (Å²) >= 11 is 0. The van der Waals surface area contributed by atoms with Gasteiger partial charge in [0.2, 0.25) is 0 Å². The van der Waals surface area contributed by atoms with Gasteiger partial charge in [-0.1, -0.05) is 6.07 Å². The van der Waals surface area contributed by atoms with Crippen molar-refractivity contribution >= 4 is 11.6 Å². The van der Waals surface area contributed by atoms with Gasteiger partial charge >= 0.3 is 0 Å². The van der Waals surface area contributed by atoms with Crippen LogP contribution in [0, 0.1) is 6.92 Å². The molecular formula is C15H16N6O. The molecule has 1 atom stereocenters. The van der Waals surface area contributed by atoms with Crippen LogP contribution in [0.5, 0.6) is 0 Å². The Hall–Kier alpha value is -2.70. The molecule has 3 aromatic rings. The van der Waals surface area contributed by atoms with Crippen LogP contribution >= 0.6 is 0 Å². The standard InChI is InChI=1S/C15H16N6O/c1-11-14(20-8-3-2-4-13(20)18-11)15(22)19-9-5-12(10-19)21-16-6-7-17-21/h2-4,6-8,12H,5,9-10H2,1H3. The molecule has 1 fully saturated rings. The number of aryl methyl sites for hydroxylation is 1. The van der Waals surface area contributed by atoms with E-state index in [0.29, 0.717) is 18.8 Å². The molecule has 1 aliphatic heterocycles. The molecule has 0 N–H and O–H groups in total. The van der Waals surface area contributed by atoms with Crippen LogP contribution < -0.4 is 0 Å². The highest BCUT2D eigenvalue weighted by atomic mass is 16.2. The van der Waals surface area contributed by atoms with Crippen molar-refractivity contribution in [1.29, 1.82) is 0 Å². The molecule has 0 aliphatic carbocycles. The topological polar surface area (TPSA) is 68.3 Å². The zero-order valence-electron chi connectivity index (χ0n) is 12.3. The van der Waals surface area contributed by atoms with Crippen LogP contribution in [0.4, 0.5) is 0 Å². The number of pyridine rings is 1. The first-order chi connectivity index (χ1) is 10.7. The molecule has 0 spiro atoms. The number of likely N-dealkylation sites (tertiary alicyclic amines) is 1. The van der Waals surface area contributed by atoms with E-state index in [0.717, 1.165) is 17.8 Å². The summed E-state index contributed by atoms with van der Waals surface area (Å²) in [6.45, 7) is 3.22. The van der Waals surface area contributed by atoms with Gasteiger partial charge in [-0.05, 0) is 25.5 Å². The zero-order chi connectivity index (χ0) is 15.1. The van der Waals surface area contributed by atoms with Crippen LogP contribution in [-0.4, -0.2) is 48.3 Å². The second-order valence-electron chi connectivity index (χ2n) is 5.52. The Kier molecular flexibility index (Phi) is 2.92. The van der Waals surface area contributed by atoms with Gasteiger partial charge in [0.1, 0.15) is 11.3 Å². The van der Waals surface area contributed by atoms with Gasteiger partial charge in [0.05, 0.1) is 24.1 Å². The minimum absolute atomic E-state index is 0.0193. The number of carbonyl (C=O) groups excluding carboxylic acids is 1. The predicted molar refractivity (Wildman–Crippen MR) is 79.5 cm³/mol. The van der Waals surface area contributed by atoms with Crippen molar-refractivity contribution < 1.29 is 4.79 Å². The summed E-state index contributed by atoms with van der Waals surface area (Å²) in [5.41, 5.74) is 2.20. The van der Waals surface area contributed by atoms with E-state index in [2.05, 4.69) is 15.2 Å². The maximum absolute atomic E-state index is 12.9. The minimum Gasteiger partial charge on any atom is -0.335 e. The molecule has 1 saturated heterocycles. The van der Waals surface area contributed by atoms with E-state index in [1.165, 1.54) is 0 Å². The van der Waals surface area contributed by atoms with Gasteiger partial charge < -0.3 is 4.90 Å². The fourth-order valence-electron chi connectivity index (χ4n) is 3.05. The van der Waals surface area contributed by atoms with E-state index in [9.17, 15) is 4.79 Å². The number of nitrogens with zero attached hydrogens (tertiary/aromatic N) is 6. The summed E-state index contributed by atoms with van der Waals surface area (Å²) < 4.78 is 1.86. The Morgan fingerprint density at radius 3 is 2.91 bits per heavy atom. The number of fused-ring (bicyclic) bond motifs is 1. The SMILES string of the molecule is Cc1nc2ccccn2c1C(=O)N1CCC(n2nccn2)C1. The second kappa shape index (κ2) is 4.94. The molecule has 22 heavy (non-hydrogen) atoms. The summed E-state index contributed by atoms with van der Waals surface area (Å²) in [7, 11) is 0. The lowest BCUT2D eigenvalue weighted by Gasteiger charge is -2.16. The molecule has 3 aromatic heterocycles. The van der Waals surface area contributed by atoms with Crippen molar-refractivity contribution in [2.24, 2.45) is 0 Å². The second-order valence-corrected chi connectivity index (χ2v) is 5.52. The van der Waals surface area contributed by atoms with E-state index in [1.54, 1.807) is 17.2 Å². The van der Waals surface area contributed by atoms with Gasteiger partial charge in [-0.25, -0.2) is 4.98 Å². The van der Waals surface area contributed by atoms with Crippen molar-refractivity contribution in [3.63, 3.8) is 0 Å². The highest BCUT2D eigenvalue weighted by molar-refractivity contribution is 5.94. The Morgan fingerprint density at radius 2 is 2.09 bits per heavy atom. The Balaban J connectivity index is 1.63. The lowest BCUT2D eigenvalue weighted by atomic mass is 10.3. The first-order valence-corrected chi connectivity index (χ1v) is 7.33. The highest BCUT2D eigenvalue weighted by Gasteiger charge is 2.31. The van der Waals surface area contributed by atoms with Crippen LogP contribution in [0.3, 0.4) is 0 Å². The van der Waals surface area contributed by atoms with Crippen molar-refractivity contribution in [2.45, 2.75) is 19.4 Å². The number of hydrogen-bond donors (Lipinski definition) is 0. The highest BCUT2D eigenvalue weighted by Crippen LogP contribution is 2.23. The van der Waals surface area contributed by atoms with Gasteiger partial charge in [0.25, 0.3) is 5.91 Å². The van der Waals surface area contributed by atoms with Crippen molar-refractivity contribution in [3.05, 3.63) is 48.2 Å². The van der Waals surface area contributed by atoms with E-state index in [1.807, 2.05) is 40.6 Å². The Labute approximate surface area is 127 Å². The number of hydrogen-bond acceptors (Lipinski definition) is 4. The largest absolute Gasteiger partial charge is 0.335 e. The molecule has 0 bridgehead atoms. The fraction of sp³-hybridized carbons (Fsp3) is 0.333. The monoisotopic (exact) mass is 296 g/mol. The first kappa shape index (κ1) is 13.0. The van der Waals surface area contributed by atoms with Gasteiger partial charge in [0, 0.05) is 19.3 Å². The number of carbonyl (C=O) groups is 1. The lowest BCUT2D eigenvalue weighted by molar-refractivity contribution is 0.0778. The van der Waals surface area contributed by atoms with Gasteiger partial charge in [-0.3, -0.25) is 9.20 Å². The molecule has 0 saturated carbocycles. The average Bonchev–Trinajstić information content (AvgIpc) is 3.25. The molecule has 4 heterocycles. The van der Waals surface area contributed by atoms with E-state index < -0.39 is 0 Å². The fourth-order valence-corrected chi connectivity index (χ4v) is 3.05. The van der Waals surface area contributed by atoms with Gasteiger partial charge in [0.15, 0.2) is 0 Å². The Morgan fingerprint density at radius 1 is 1.27 bits per heavy atom. The molecule has 1 amide bonds. The molecule has 0 radical (unpaired) electrons. The predicted octanol–water partition coefficient (Wildman–Crippen LogP) is 1.32. The van der Waals surface area contributed by atoms with Crippen molar-refractivity contribution in [1.82, 2.24) is 29.3 Å². The quantitative estimate of drug-likeness (QED) is 0.715. The summed E-state index contributed by atoms with van der Waals surface area (Å²) in [5.74, 6) is 0.0193. The van der Waals surface area contributed by atoms with Crippen LogP contribution in [0.1, 0.15) is 28.6 Å². The molecule has 1 aliphatic rings. The Bertz CT molecular complexity index is 822. The summed E-state index contributed by atoms with van der Waals surface area (Å²) in [6, 6.07) is 5.89. The summed E-state index contributed by atoms with van der Waals surface area (Å²) in [4.78, 5) is 20.9. The number of imidazole rings is 1. The minimum atomic E-state index is 0.0193. The number of amides is 1. The zero-order valence-corrected chi connectivity index (χ0v) is 12.3. The molecule has 0 aromatic carbocycles. The molecule has 7 heteroatoms. The van der Waals surface area contributed by atoms with E-state index in [4.69, 9.17) is 0 Å². The van der Waals surface area contributed by atoms with Gasteiger partial charge in [-0.2, -0.15) is 15.0 Å². The van der Waals surface area contributed by atoms with Gasteiger partial charge in [-0.15, -0.1) is 0 Å². The third-order valence-electron chi connectivity index (χ3n) is 4.12. The van der Waals surface area contributed by atoms with Crippen molar-refractivity contribution in [2.75, 3.05) is 13.1 Å². The lowest BCUT2D eigenvalue weighted by Crippen LogP contribution is -2.30. The van der Waals surface area contributed by atoms with E-state index in [-0.39, 0.29) is 11.9 Å². The third kappa shape index (κ3) is 1.97. The smallest absolute Gasteiger partial charge is 0.272 e. The van der Waals surface area contributed by atoms with Crippen LogP contribution in [0.25, 0.3) is 5.65 Å². The van der Waals surface area contributed by atoms with Crippen LogP contribution in [-0.2, 0) is 0 Å². The summed E-state index contributed by atoms with van der Waals surface area (Å²) in [6.07, 6.45) is 6.08. The van der Waals surface area contributed by atoms with Crippen LogP contribution in [0.15, 0.2) is 36.8 Å². The maximum Gasteiger partial charge on any atom is 0.272 e. The normalized spacial score (nSPS) is 18.2. The molecule has 112 valence electrons. The molecule has 1 unspecified atom stereocenters. The molecule has 4 rings (SSSR count).